The molecule has 19 heavy (non-hydrogen) atoms. The smallest absolute Gasteiger partial charge is 0.261 e. The Bertz CT molecular complexity index is 601. The molecule has 0 spiro atoms. The highest BCUT2D eigenvalue weighted by molar-refractivity contribution is 6.06. The summed E-state index contributed by atoms with van der Waals surface area (Å²) in [6.07, 6.45) is 2.42. The van der Waals surface area contributed by atoms with Gasteiger partial charge in [0.15, 0.2) is 5.82 Å². The number of rotatable bonds is 3. The number of hydrogen-bond donors (Lipinski definition) is 1. The maximum absolute atomic E-state index is 13.6. The maximum Gasteiger partial charge on any atom is 0.261 e. The van der Waals surface area contributed by atoms with Gasteiger partial charge in [-0.25, -0.2) is 4.39 Å². The molecular formula is C14H14FN3O. The number of pyridine rings is 1. The second-order valence-corrected chi connectivity index (χ2v) is 4.00. The number of nitrogens with two attached hydrogens (primary N) is 1. The van der Waals surface area contributed by atoms with Gasteiger partial charge in [0.25, 0.3) is 5.91 Å². The third kappa shape index (κ3) is 2.70. The number of anilines is 2. The number of carbonyl (C=O) groups excluding carboxylic acids is 1. The van der Waals surface area contributed by atoms with Crippen LogP contribution < -0.4 is 10.6 Å². The first kappa shape index (κ1) is 13.0. The molecule has 5 heteroatoms. The van der Waals surface area contributed by atoms with Crippen LogP contribution in [-0.4, -0.2) is 17.4 Å². The number of halogens is 1. The summed E-state index contributed by atoms with van der Waals surface area (Å²) in [6.45, 7) is 2.24. The molecule has 0 aliphatic carbocycles. The number of nitrogen functional groups attached to an aromatic ring is 1. The summed E-state index contributed by atoms with van der Waals surface area (Å²) in [5.41, 5.74) is 6.89. The van der Waals surface area contributed by atoms with Gasteiger partial charge >= 0.3 is 0 Å². The lowest BCUT2D eigenvalue weighted by Gasteiger charge is -2.21. The van der Waals surface area contributed by atoms with Gasteiger partial charge in [-0.1, -0.05) is 6.07 Å². The summed E-state index contributed by atoms with van der Waals surface area (Å²) >= 11 is 0. The van der Waals surface area contributed by atoms with Crippen molar-refractivity contribution >= 4 is 17.3 Å². The van der Waals surface area contributed by atoms with Crippen molar-refractivity contribution in [3.63, 3.8) is 0 Å². The van der Waals surface area contributed by atoms with Crippen LogP contribution in [0.4, 0.5) is 15.8 Å². The summed E-state index contributed by atoms with van der Waals surface area (Å²) in [6, 6.07) is 8.29. The topological polar surface area (TPSA) is 59.2 Å². The Balaban J connectivity index is 2.38. The molecule has 2 N–H and O–H groups in total. The van der Waals surface area contributed by atoms with Crippen molar-refractivity contribution in [3.8, 4) is 0 Å². The molecule has 2 rings (SSSR count). The van der Waals surface area contributed by atoms with Crippen LogP contribution in [0.1, 0.15) is 17.3 Å². The second-order valence-electron chi connectivity index (χ2n) is 4.00. The first-order valence-corrected chi connectivity index (χ1v) is 5.90. The van der Waals surface area contributed by atoms with Gasteiger partial charge in [0.05, 0.1) is 11.8 Å². The average molecular weight is 259 g/mol. The Morgan fingerprint density at radius 1 is 1.42 bits per heavy atom. The largest absolute Gasteiger partial charge is 0.399 e. The molecule has 1 aromatic heterocycles. The van der Waals surface area contributed by atoms with E-state index in [1.54, 1.807) is 24.3 Å². The molecule has 1 amide bonds. The summed E-state index contributed by atoms with van der Waals surface area (Å²) < 4.78 is 13.6. The predicted octanol–water partition coefficient (Wildman–Crippen LogP) is 2.47. The van der Waals surface area contributed by atoms with E-state index in [0.717, 1.165) is 6.20 Å². The molecule has 0 bridgehead atoms. The van der Waals surface area contributed by atoms with Gasteiger partial charge in [0, 0.05) is 24.1 Å². The highest BCUT2D eigenvalue weighted by Gasteiger charge is 2.19. The summed E-state index contributed by atoms with van der Waals surface area (Å²) in [7, 11) is 0. The Hall–Kier alpha value is -2.43. The van der Waals surface area contributed by atoms with Gasteiger partial charge in [0.2, 0.25) is 0 Å². The van der Waals surface area contributed by atoms with Crippen molar-refractivity contribution in [2.24, 2.45) is 0 Å². The van der Waals surface area contributed by atoms with E-state index in [-0.39, 0.29) is 5.56 Å². The van der Waals surface area contributed by atoms with Gasteiger partial charge in [0.1, 0.15) is 0 Å². The lowest BCUT2D eigenvalue weighted by molar-refractivity contribution is 0.0984. The lowest BCUT2D eigenvalue weighted by Crippen LogP contribution is -2.31. The van der Waals surface area contributed by atoms with Crippen LogP contribution in [0.25, 0.3) is 0 Å². The molecule has 0 saturated heterocycles. The minimum atomic E-state index is -0.630. The van der Waals surface area contributed by atoms with E-state index < -0.39 is 11.7 Å². The fourth-order valence-electron chi connectivity index (χ4n) is 1.83. The molecule has 0 unspecified atom stereocenters. The third-order valence-corrected chi connectivity index (χ3v) is 2.75. The molecule has 1 aromatic carbocycles. The van der Waals surface area contributed by atoms with Crippen LogP contribution in [0.5, 0.6) is 0 Å². The number of hydrogen-bond acceptors (Lipinski definition) is 3. The Morgan fingerprint density at radius 2 is 2.21 bits per heavy atom. The van der Waals surface area contributed by atoms with Gasteiger partial charge in [-0.05, 0) is 31.2 Å². The molecule has 1 heterocycles. The van der Waals surface area contributed by atoms with E-state index in [1.807, 2.05) is 6.92 Å². The number of benzene rings is 1. The van der Waals surface area contributed by atoms with Crippen molar-refractivity contribution in [2.75, 3.05) is 17.2 Å². The van der Waals surface area contributed by atoms with E-state index >= 15 is 0 Å². The van der Waals surface area contributed by atoms with Gasteiger partial charge in [-0.2, -0.15) is 0 Å². The van der Waals surface area contributed by atoms with E-state index in [0.29, 0.717) is 17.9 Å². The molecule has 4 nitrogen and oxygen atoms in total. The van der Waals surface area contributed by atoms with Crippen LogP contribution in [-0.2, 0) is 0 Å². The second kappa shape index (κ2) is 5.48. The standard InChI is InChI=1S/C14H14FN3O/c1-2-18(11-5-3-4-10(16)8-11)14(19)12-6-7-17-9-13(12)15/h3-9H,2,16H2,1H3. The molecule has 98 valence electrons. The summed E-state index contributed by atoms with van der Waals surface area (Å²) in [5, 5.41) is 0. The quantitative estimate of drug-likeness (QED) is 0.861. The van der Waals surface area contributed by atoms with Crippen molar-refractivity contribution in [1.82, 2.24) is 4.98 Å². The first-order valence-electron chi connectivity index (χ1n) is 5.90. The van der Waals surface area contributed by atoms with Crippen LogP contribution >= 0.6 is 0 Å². The van der Waals surface area contributed by atoms with Crippen LogP contribution in [0.3, 0.4) is 0 Å². The number of amides is 1. The zero-order valence-electron chi connectivity index (χ0n) is 10.5. The molecule has 0 aliphatic rings. The Kier molecular flexibility index (Phi) is 3.75. The monoisotopic (exact) mass is 259 g/mol. The zero-order valence-corrected chi connectivity index (χ0v) is 10.5. The SMILES string of the molecule is CCN(C(=O)c1ccncc1F)c1cccc(N)c1. The molecule has 0 radical (unpaired) electrons. The minimum absolute atomic E-state index is 0.000672. The van der Waals surface area contributed by atoms with Gasteiger partial charge in [-0.3, -0.25) is 9.78 Å². The highest BCUT2D eigenvalue weighted by atomic mass is 19.1. The van der Waals surface area contributed by atoms with E-state index in [2.05, 4.69) is 4.98 Å². The van der Waals surface area contributed by atoms with Gasteiger partial charge < -0.3 is 10.6 Å². The van der Waals surface area contributed by atoms with Crippen molar-refractivity contribution in [1.29, 1.82) is 0 Å². The van der Waals surface area contributed by atoms with Crippen LogP contribution in [0, 0.1) is 5.82 Å². The molecular weight excluding hydrogens is 245 g/mol. The average Bonchev–Trinajstić information content (AvgIpc) is 2.40. The minimum Gasteiger partial charge on any atom is -0.399 e. The third-order valence-electron chi connectivity index (χ3n) is 2.75. The first-order chi connectivity index (χ1) is 9.13. The van der Waals surface area contributed by atoms with E-state index in [4.69, 9.17) is 5.73 Å². The van der Waals surface area contributed by atoms with Crippen LogP contribution in [0.2, 0.25) is 0 Å². The lowest BCUT2D eigenvalue weighted by atomic mass is 10.2. The molecule has 0 saturated carbocycles. The van der Waals surface area contributed by atoms with E-state index in [9.17, 15) is 9.18 Å². The Labute approximate surface area is 110 Å². The normalized spacial score (nSPS) is 10.2. The van der Waals surface area contributed by atoms with Gasteiger partial charge in [-0.15, -0.1) is 0 Å². The van der Waals surface area contributed by atoms with Crippen molar-refractivity contribution in [3.05, 3.63) is 54.1 Å². The summed E-state index contributed by atoms with van der Waals surface area (Å²) in [4.78, 5) is 17.4. The highest BCUT2D eigenvalue weighted by Crippen LogP contribution is 2.20. The maximum atomic E-state index is 13.6. The van der Waals surface area contributed by atoms with Crippen molar-refractivity contribution < 1.29 is 9.18 Å². The molecule has 0 atom stereocenters. The number of carbonyl (C=O) groups is 1. The predicted molar refractivity (Wildman–Crippen MR) is 72.4 cm³/mol. The molecule has 2 aromatic rings. The van der Waals surface area contributed by atoms with Crippen LogP contribution in [0.15, 0.2) is 42.7 Å². The van der Waals surface area contributed by atoms with E-state index in [1.165, 1.54) is 17.2 Å². The molecule has 0 fully saturated rings. The fourth-order valence-corrected chi connectivity index (χ4v) is 1.83. The number of nitrogens with zero attached hydrogens (tertiary/aromatic N) is 2. The summed E-state index contributed by atoms with van der Waals surface area (Å²) in [5.74, 6) is -1.04. The Morgan fingerprint density at radius 3 is 2.84 bits per heavy atom. The zero-order chi connectivity index (χ0) is 13.8. The fraction of sp³-hybridized carbons (Fsp3) is 0.143. The molecule has 0 aliphatic heterocycles. The van der Waals surface area contributed by atoms with Crippen molar-refractivity contribution in [2.45, 2.75) is 6.92 Å². The number of aromatic nitrogens is 1.